The number of para-hydroxylation sites is 1. The molecule has 0 fully saturated rings. The first-order valence-electron chi connectivity index (χ1n) is 5.15. The van der Waals surface area contributed by atoms with Crippen LogP contribution >= 0.6 is 0 Å². The monoisotopic (exact) mass is 231 g/mol. The molecule has 1 aromatic heterocycles. The lowest BCUT2D eigenvalue weighted by molar-refractivity contribution is 0.0680. The van der Waals surface area contributed by atoms with Crippen molar-refractivity contribution in [3.8, 4) is 0 Å². The number of carbonyl (C=O) groups is 1. The maximum absolute atomic E-state index is 10.6. The van der Waals surface area contributed by atoms with E-state index in [2.05, 4.69) is 15.5 Å². The van der Waals surface area contributed by atoms with Gasteiger partial charge in [0.05, 0.1) is 0 Å². The highest BCUT2D eigenvalue weighted by Gasteiger charge is 2.27. The highest BCUT2D eigenvalue weighted by Crippen LogP contribution is 2.32. The van der Waals surface area contributed by atoms with Gasteiger partial charge in [0.25, 0.3) is 5.82 Å². The molecule has 86 valence electrons. The van der Waals surface area contributed by atoms with Gasteiger partial charge in [-0.05, 0) is 16.8 Å². The van der Waals surface area contributed by atoms with Crippen molar-refractivity contribution in [3.05, 3.63) is 41.5 Å². The molecule has 0 aliphatic carbocycles. The topological polar surface area (TPSA) is 88.2 Å². The molecule has 3 rings (SSSR count). The Balaban J connectivity index is 1.86. The molecule has 0 bridgehead atoms. The van der Waals surface area contributed by atoms with Crippen LogP contribution in [-0.4, -0.2) is 21.2 Å². The van der Waals surface area contributed by atoms with Gasteiger partial charge in [-0.25, -0.2) is 4.79 Å². The van der Waals surface area contributed by atoms with Gasteiger partial charge in [0.1, 0.15) is 6.04 Å². The van der Waals surface area contributed by atoms with E-state index in [1.807, 2.05) is 24.3 Å². The molecule has 1 atom stereocenters. The van der Waals surface area contributed by atoms with Gasteiger partial charge in [-0.15, -0.1) is 0 Å². The Morgan fingerprint density at radius 1 is 1.47 bits per heavy atom. The quantitative estimate of drug-likeness (QED) is 0.813. The molecule has 6 heteroatoms. The Hall–Kier alpha value is -2.37. The number of carboxylic acids is 1. The van der Waals surface area contributed by atoms with E-state index in [0.29, 0.717) is 5.89 Å². The zero-order chi connectivity index (χ0) is 11.8. The first kappa shape index (κ1) is 9.83. The van der Waals surface area contributed by atoms with Crippen LogP contribution in [0.5, 0.6) is 0 Å². The van der Waals surface area contributed by atoms with Gasteiger partial charge in [-0.2, -0.15) is 4.98 Å². The molecule has 0 unspecified atom stereocenters. The average Bonchev–Trinajstić information content (AvgIpc) is 2.95. The molecule has 2 aromatic rings. The van der Waals surface area contributed by atoms with Crippen LogP contribution in [0, 0.1) is 0 Å². The van der Waals surface area contributed by atoms with Crippen LogP contribution in [0.25, 0.3) is 0 Å². The minimum absolute atomic E-state index is 0.145. The smallest absolute Gasteiger partial charge is 0.377 e. The number of rotatable bonds is 2. The molecule has 1 aliphatic heterocycles. The molecule has 6 nitrogen and oxygen atoms in total. The Morgan fingerprint density at radius 3 is 3.00 bits per heavy atom. The van der Waals surface area contributed by atoms with Gasteiger partial charge < -0.3 is 14.9 Å². The van der Waals surface area contributed by atoms with E-state index in [-0.39, 0.29) is 11.9 Å². The number of hydrogen-bond donors (Lipinski definition) is 2. The molecule has 17 heavy (non-hydrogen) atoms. The van der Waals surface area contributed by atoms with E-state index >= 15 is 0 Å². The van der Waals surface area contributed by atoms with E-state index < -0.39 is 5.97 Å². The fraction of sp³-hybridized carbons (Fsp3) is 0.182. The van der Waals surface area contributed by atoms with Crippen molar-refractivity contribution in [1.29, 1.82) is 0 Å². The summed E-state index contributed by atoms with van der Waals surface area (Å²) >= 11 is 0. The van der Waals surface area contributed by atoms with E-state index in [1.54, 1.807) is 0 Å². The summed E-state index contributed by atoms with van der Waals surface area (Å²) in [7, 11) is 0. The Kier molecular flexibility index (Phi) is 2.07. The Bertz CT molecular complexity index is 554. The Morgan fingerprint density at radius 2 is 2.29 bits per heavy atom. The molecule has 1 aliphatic rings. The van der Waals surface area contributed by atoms with Gasteiger partial charge >= 0.3 is 5.97 Å². The van der Waals surface area contributed by atoms with Crippen LogP contribution in [0.4, 0.5) is 5.69 Å². The molecular weight excluding hydrogens is 222 g/mol. The molecular formula is C11H9N3O3. The van der Waals surface area contributed by atoms with E-state index in [9.17, 15) is 4.79 Å². The van der Waals surface area contributed by atoms with Crippen molar-refractivity contribution in [1.82, 2.24) is 10.1 Å². The van der Waals surface area contributed by atoms with Crippen LogP contribution in [-0.2, 0) is 6.42 Å². The summed E-state index contributed by atoms with van der Waals surface area (Å²) in [6, 6.07) is 7.72. The van der Waals surface area contributed by atoms with Crippen molar-refractivity contribution in [2.45, 2.75) is 12.5 Å². The SMILES string of the molecule is O=C(O)c1noc([C@@H]2Cc3ccccc3N2)n1. The minimum atomic E-state index is -1.18. The summed E-state index contributed by atoms with van der Waals surface area (Å²) in [6.45, 7) is 0. The number of aromatic carboxylic acids is 1. The summed E-state index contributed by atoms with van der Waals surface area (Å²) in [4.78, 5) is 14.5. The second-order valence-electron chi connectivity index (χ2n) is 3.82. The van der Waals surface area contributed by atoms with Crippen LogP contribution < -0.4 is 5.32 Å². The highest BCUT2D eigenvalue weighted by atomic mass is 16.5. The number of anilines is 1. The number of hydrogen-bond acceptors (Lipinski definition) is 5. The van der Waals surface area contributed by atoms with Gasteiger partial charge in [0, 0.05) is 12.1 Å². The second kappa shape index (κ2) is 3.58. The lowest BCUT2D eigenvalue weighted by Gasteiger charge is -2.04. The standard InChI is InChI=1S/C11H9N3O3/c15-11(16)9-13-10(17-14-9)8-5-6-3-1-2-4-7(6)12-8/h1-4,8,12H,5H2,(H,15,16)/t8-/m0/s1. The third kappa shape index (κ3) is 1.63. The number of aromatic nitrogens is 2. The molecule has 0 amide bonds. The maximum atomic E-state index is 10.6. The van der Waals surface area contributed by atoms with Crippen LogP contribution in [0.1, 0.15) is 28.1 Å². The summed E-state index contributed by atoms with van der Waals surface area (Å²) in [5, 5.41) is 15.3. The Labute approximate surface area is 96.3 Å². The first-order valence-corrected chi connectivity index (χ1v) is 5.15. The lowest BCUT2D eigenvalue weighted by Crippen LogP contribution is -2.07. The predicted molar refractivity (Wildman–Crippen MR) is 57.8 cm³/mol. The zero-order valence-electron chi connectivity index (χ0n) is 8.75. The summed E-state index contributed by atoms with van der Waals surface area (Å²) < 4.78 is 4.94. The van der Waals surface area contributed by atoms with Crippen LogP contribution in [0.2, 0.25) is 0 Å². The number of benzene rings is 1. The number of nitrogens with zero attached hydrogens (tertiary/aromatic N) is 2. The first-order chi connectivity index (χ1) is 8.24. The summed E-state index contributed by atoms with van der Waals surface area (Å²) in [6.07, 6.45) is 0.720. The normalized spacial score (nSPS) is 17.5. The van der Waals surface area contributed by atoms with E-state index in [4.69, 9.17) is 9.63 Å². The molecule has 0 saturated heterocycles. The highest BCUT2D eigenvalue weighted by molar-refractivity contribution is 5.82. The minimum Gasteiger partial charge on any atom is -0.475 e. The fourth-order valence-corrected chi connectivity index (χ4v) is 1.91. The molecule has 2 N–H and O–H groups in total. The maximum Gasteiger partial charge on any atom is 0.377 e. The number of fused-ring (bicyclic) bond motifs is 1. The number of carboxylic acid groups (broad SMARTS) is 1. The third-order valence-corrected chi connectivity index (χ3v) is 2.70. The third-order valence-electron chi connectivity index (χ3n) is 2.70. The zero-order valence-corrected chi connectivity index (χ0v) is 8.75. The van der Waals surface area contributed by atoms with Crippen molar-refractivity contribution < 1.29 is 14.4 Å². The molecule has 0 spiro atoms. The lowest BCUT2D eigenvalue weighted by atomic mass is 10.1. The fourth-order valence-electron chi connectivity index (χ4n) is 1.91. The van der Waals surface area contributed by atoms with E-state index in [1.165, 1.54) is 0 Å². The summed E-state index contributed by atoms with van der Waals surface area (Å²) in [5.41, 5.74) is 2.18. The predicted octanol–water partition coefficient (Wildman–Crippen LogP) is 1.48. The van der Waals surface area contributed by atoms with Crippen LogP contribution in [0.3, 0.4) is 0 Å². The van der Waals surface area contributed by atoms with Crippen molar-refractivity contribution in [2.24, 2.45) is 0 Å². The molecule has 1 aromatic carbocycles. The van der Waals surface area contributed by atoms with Gasteiger partial charge in [-0.1, -0.05) is 18.2 Å². The van der Waals surface area contributed by atoms with Gasteiger partial charge in [0.15, 0.2) is 0 Å². The molecule has 0 radical (unpaired) electrons. The van der Waals surface area contributed by atoms with Crippen molar-refractivity contribution in [2.75, 3.05) is 5.32 Å². The molecule has 2 heterocycles. The van der Waals surface area contributed by atoms with Gasteiger partial charge in [-0.3, -0.25) is 0 Å². The second-order valence-corrected chi connectivity index (χ2v) is 3.82. The van der Waals surface area contributed by atoms with E-state index in [0.717, 1.165) is 17.7 Å². The summed E-state index contributed by atoms with van der Waals surface area (Å²) in [5.74, 6) is -1.19. The average molecular weight is 231 g/mol. The largest absolute Gasteiger partial charge is 0.475 e. The van der Waals surface area contributed by atoms with Crippen LogP contribution in [0.15, 0.2) is 28.8 Å². The van der Waals surface area contributed by atoms with Crippen molar-refractivity contribution >= 4 is 11.7 Å². The number of nitrogens with one attached hydrogen (secondary N) is 1. The van der Waals surface area contributed by atoms with Gasteiger partial charge in [0.2, 0.25) is 5.89 Å². The van der Waals surface area contributed by atoms with Crippen molar-refractivity contribution in [3.63, 3.8) is 0 Å². The molecule has 0 saturated carbocycles.